The van der Waals surface area contributed by atoms with E-state index in [2.05, 4.69) is 84.8 Å². The molecule has 2 aromatic carbocycles. The van der Waals surface area contributed by atoms with Gasteiger partial charge >= 0.3 is 0 Å². The normalized spacial score (nSPS) is 12.4. The average molecular weight is 326 g/mol. The molecule has 3 nitrogen and oxygen atoms in total. The van der Waals surface area contributed by atoms with Crippen LogP contribution in [0.2, 0.25) is 0 Å². The zero-order chi connectivity index (χ0) is 17.1. The first kappa shape index (κ1) is 14.4. The lowest BCUT2D eigenvalue weighted by Gasteiger charge is -2.09. The summed E-state index contributed by atoms with van der Waals surface area (Å²) in [6, 6.07) is 17.4. The fourth-order valence-electron chi connectivity index (χ4n) is 4.04. The molecule has 2 aromatic heterocycles. The highest BCUT2D eigenvalue weighted by Gasteiger charge is 2.27. The van der Waals surface area contributed by atoms with E-state index in [0.29, 0.717) is 0 Å². The van der Waals surface area contributed by atoms with E-state index >= 15 is 0 Å². The number of hydrogen-bond acceptors (Lipinski definition) is 1. The van der Waals surface area contributed by atoms with E-state index in [4.69, 9.17) is 4.98 Å². The molecular weight excluding hydrogens is 306 g/mol. The zero-order valence-corrected chi connectivity index (χ0v) is 14.7. The summed E-state index contributed by atoms with van der Waals surface area (Å²) in [4.78, 5) is 4.82. The van der Waals surface area contributed by atoms with E-state index < -0.39 is 0 Å². The molecule has 0 saturated carbocycles. The first-order valence-electron chi connectivity index (χ1n) is 8.69. The largest absolute Gasteiger partial charge is 0.295 e. The third-order valence-electron chi connectivity index (χ3n) is 5.21. The Morgan fingerprint density at radius 3 is 2.72 bits per heavy atom. The van der Waals surface area contributed by atoms with Crippen molar-refractivity contribution in [2.45, 2.75) is 20.3 Å². The maximum absolute atomic E-state index is 4.82. The molecule has 25 heavy (non-hydrogen) atoms. The van der Waals surface area contributed by atoms with Gasteiger partial charge in [0.05, 0.1) is 16.7 Å². The molecule has 0 bridgehead atoms. The number of rotatable bonds is 1. The molecule has 0 fully saturated rings. The number of pyridine rings is 1. The summed E-state index contributed by atoms with van der Waals surface area (Å²) in [5.41, 5.74) is 10.00. The highest BCUT2D eigenvalue weighted by atomic mass is 15.1. The second-order valence-electron chi connectivity index (χ2n) is 7.03. The van der Waals surface area contributed by atoms with Crippen LogP contribution in [-0.4, -0.2) is 9.55 Å². The van der Waals surface area contributed by atoms with Crippen LogP contribution in [0.1, 0.15) is 22.5 Å². The molecule has 0 saturated heterocycles. The lowest BCUT2D eigenvalue weighted by Crippen LogP contribution is -2.31. The lowest BCUT2D eigenvalue weighted by molar-refractivity contribution is -0.660. The van der Waals surface area contributed by atoms with Gasteiger partial charge in [0.1, 0.15) is 12.9 Å². The monoisotopic (exact) mass is 326 g/mol. The molecule has 4 aromatic rings. The number of fused-ring (bicyclic) bond motifs is 5. The Balaban J connectivity index is 1.77. The number of para-hydroxylation sites is 2. The second kappa shape index (κ2) is 5.03. The highest BCUT2D eigenvalue weighted by Crippen LogP contribution is 2.33. The molecular formula is C22H20N3+. The number of hydrogen-bond donors (Lipinski definition) is 0. The van der Waals surface area contributed by atoms with Crippen molar-refractivity contribution in [3.63, 3.8) is 0 Å². The predicted octanol–water partition coefficient (Wildman–Crippen LogP) is 4.04. The third kappa shape index (κ3) is 2.05. The van der Waals surface area contributed by atoms with Crippen LogP contribution in [0.15, 0.2) is 54.7 Å². The Labute approximate surface area is 147 Å². The zero-order valence-electron chi connectivity index (χ0n) is 14.7. The number of aromatic nitrogens is 3. The summed E-state index contributed by atoms with van der Waals surface area (Å²) in [6.45, 7) is 4.33. The smallest absolute Gasteiger partial charge is 0.214 e. The Hall–Kier alpha value is -2.94. The van der Waals surface area contributed by atoms with Crippen molar-refractivity contribution in [2.75, 3.05) is 0 Å². The van der Waals surface area contributed by atoms with Crippen molar-refractivity contribution in [2.24, 2.45) is 7.05 Å². The van der Waals surface area contributed by atoms with E-state index in [1.54, 1.807) is 0 Å². The van der Waals surface area contributed by atoms with Gasteiger partial charge in [0.2, 0.25) is 5.69 Å². The average Bonchev–Trinajstić information content (AvgIpc) is 3.10. The molecule has 122 valence electrons. The minimum Gasteiger partial charge on any atom is -0.295 e. The summed E-state index contributed by atoms with van der Waals surface area (Å²) >= 11 is 0. The van der Waals surface area contributed by atoms with Crippen LogP contribution in [0.5, 0.6) is 0 Å². The van der Waals surface area contributed by atoms with Crippen LogP contribution in [0.25, 0.3) is 28.0 Å². The summed E-state index contributed by atoms with van der Waals surface area (Å²) < 4.78 is 4.56. The van der Waals surface area contributed by atoms with Crippen molar-refractivity contribution in [1.82, 2.24) is 9.55 Å². The fraction of sp³-hybridized carbons (Fsp3) is 0.182. The first-order valence-corrected chi connectivity index (χ1v) is 8.69. The van der Waals surface area contributed by atoms with Crippen LogP contribution < -0.4 is 4.57 Å². The summed E-state index contributed by atoms with van der Waals surface area (Å²) in [6.07, 6.45) is 3.15. The molecule has 5 rings (SSSR count). The highest BCUT2D eigenvalue weighted by molar-refractivity contribution is 5.80. The number of benzene rings is 2. The molecule has 1 aliphatic heterocycles. The van der Waals surface area contributed by atoms with Gasteiger partial charge in [-0.25, -0.2) is 9.55 Å². The van der Waals surface area contributed by atoms with Gasteiger partial charge in [-0.2, -0.15) is 0 Å². The minimum absolute atomic E-state index is 0.894. The van der Waals surface area contributed by atoms with Gasteiger partial charge in [-0.15, -0.1) is 0 Å². The predicted molar refractivity (Wildman–Crippen MR) is 100.0 cm³/mol. The van der Waals surface area contributed by atoms with Crippen LogP contribution in [0.4, 0.5) is 0 Å². The van der Waals surface area contributed by atoms with Gasteiger partial charge in [-0.1, -0.05) is 29.8 Å². The molecule has 1 aliphatic rings. The van der Waals surface area contributed by atoms with Crippen LogP contribution in [0.3, 0.4) is 0 Å². The topological polar surface area (TPSA) is 21.7 Å². The van der Waals surface area contributed by atoms with Crippen molar-refractivity contribution in [1.29, 1.82) is 0 Å². The standard InChI is InChI=1S/C22H20N3/c1-14-8-9-17(15(2)10-14)21-12-20-16(13-24(21)3)11-22-23-18-6-4-5-7-19(18)25(20)22/h4-10,12-13H,11H2,1-3H3/q+1. The summed E-state index contributed by atoms with van der Waals surface area (Å²) in [7, 11) is 2.13. The minimum atomic E-state index is 0.894. The van der Waals surface area contributed by atoms with Crippen LogP contribution in [-0.2, 0) is 13.5 Å². The Morgan fingerprint density at radius 2 is 1.88 bits per heavy atom. The van der Waals surface area contributed by atoms with Gasteiger partial charge in [-0.05, 0) is 37.6 Å². The van der Waals surface area contributed by atoms with E-state index in [1.807, 2.05) is 0 Å². The van der Waals surface area contributed by atoms with Crippen LogP contribution >= 0.6 is 0 Å². The van der Waals surface area contributed by atoms with Gasteiger partial charge in [0.15, 0.2) is 6.20 Å². The van der Waals surface area contributed by atoms with Gasteiger partial charge in [-0.3, -0.25) is 4.57 Å². The molecule has 0 N–H and O–H groups in total. The van der Waals surface area contributed by atoms with Crippen molar-refractivity contribution < 1.29 is 4.57 Å². The third-order valence-corrected chi connectivity index (χ3v) is 5.21. The lowest BCUT2D eigenvalue weighted by atomic mass is 10.0. The van der Waals surface area contributed by atoms with Crippen molar-refractivity contribution in [3.05, 3.63) is 77.2 Å². The molecule has 0 unspecified atom stereocenters. The second-order valence-corrected chi connectivity index (χ2v) is 7.03. The Kier molecular flexibility index (Phi) is 2.90. The van der Waals surface area contributed by atoms with Gasteiger partial charge < -0.3 is 0 Å². The molecule has 3 heteroatoms. The first-order chi connectivity index (χ1) is 12.1. The maximum atomic E-state index is 4.82. The maximum Gasteiger partial charge on any atom is 0.214 e. The quantitative estimate of drug-likeness (QED) is 0.426. The molecule has 0 spiro atoms. The van der Waals surface area contributed by atoms with Crippen molar-refractivity contribution in [3.8, 4) is 16.9 Å². The Bertz CT molecular complexity index is 1150. The summed E-state index contributed by atoms with van der Waals surface area (Å²) in [5.74, 6) is 1.13. The molecule has 0 atom stereocenters. The molecule has 3 heterocycles. The SMILES string of the molecule is Cc1ccc(-c2cc3c(c[n+]2C)Cc2nc4ccccc4n2-3)c(C)c1. The number of nitrogens with zero attached hydrogens (tertiary/aromatic N) is 3. The molecule has 0 radical (unpaired) electrons. The fourth-order valence-corrected chi connectivity index (χ4v) is 4.04. The number of aryl methyl sites for hydroxylation is 3. The van der Waals surface area contributed by atoms with Gasteiger partial charge in [0.25, 0.3) is 0 Å². The molecule has 0 amide bonds. The molecule has 0 aliphatic carbocycles. The van der Waals surface area contributed by atoms with E-state index in [-0.39, 0.29) is 0 Å². The van der Waals surface area contributed by atoms with Crippen LogP contribution in [0, 0.1) is 13.8 Å². The van der Waals surface area contributed by atoms with E-state index in [1.165, 1.54) is 39.2 Å². The van der Waals surface area contributed by atoms with E-state index in [0.717, 1.165) is 17.8 Å². The van der Waals surface area contributed by atoms with Crippen molar-refractivity contribution >= 4 is 11.0 Å². The summed E-state index contributed by atoms with van der Waals surface area (Å²) in [5, 5.41) is 0. The van der Waals surface area contributed by atoms with E-state index in [9.17, 15) is 0 Å². The van der Waals surface area contributed by atoms with Gasteiger partial charge in [0, 0.05) is 23.6 Å². The Morgan fingerprint density at radius 1 is 1.04 bits per heavy atom. The number of imidazole rings is 1.